The molecule has 0 saturated carbocycles. The van der Waals surface area contributed by atoms with Gasteiger partial charge < -0.3 is 10.4 Å². The first-order valence-electron chi connectivity index (χ1n) is 6.89. The number of rotatable bonds is 3. The number of benzene rings is 2. The summed E-state index contributed by atoms with van der Waals surface area (Å²) in [4.78, 5) is 1.27. The molecule has 2 aromatic carbocycles. The van der Waals surface area contributed by atoms with Crippen molar-refractivity contribution in [3.63, 3.8) is 0 Å². The number of aliphatic hydroxyl groups excluding tert-OH is 1. The molecule has 1 aliphatic rings. The van der Waals surface area contributed by atoms with Crippen LogP contribution in [0.4, 0.5) is 0 Å². The van der Waals surface area contributed by atoms with Crippen LogP contribution < -0.4 is 5.32 Å². The van der Waals surface area contributed by atoms with Gasteiger partial charge in [0.1, 0.15) is 0 Å². The number of nitrogens with one attached hydrogen (secondary N) is 1. The van der Waals surface area contributed by atoms with E-state index in [0.29, 0.717) is 0 Å². The van der Waals surface area contributed by atoms with E-state index in [4.69, 9.17) is 0 Å². The highest BCUT2D eigenvalue weighted by atomic mass is 32.2. The van der Waals surface area contributed by atoms with E-state index >= 15 is 0 Å². The Morgan fingerprint density at radius 3 is 2.60 bits per heavy atom. The standard InChI is InChI=1S/C17H19NOS/c1-20-14-8-6-12(7-9-14)17-15-5-3-2-4-13(15)10-18-16(17)11-19/h2-9,16-19H,10-11H2,1H3/t16-,17+/m0/s1. The molecular formula is C17H19NOS. The Balaban J connectivity index is 2.03. The lowest BCUT2D eigenvalue weighted by atomic mass is 9.80. The van der Waals surface area contributed by atoms with Gasteiger partial charge in [-0.1, -0.05) is 36.4 Å². The maximum atomic E-state index is 9.68. The smallest absolute Gasteiger partial charge is 0.0594 e. The van der Waals surface area contributed by atoms with Crippen LogP contribution in [0.5, 0.6) is 0 Å². The topological polar surface area (TPSA) is 32.3 Å². The first-order chi connectivity index (χ1) is 9.83. The molecule has 20 heavy (non-hydrogen) atoms. The van der Waals surface area contributed by atoms with Crippen molar-refractivity contribution < 1.29 is 5.11 Å². The summed E-state index contributed by atoms with van der Waals surface area (Å²) >= 11 is 1.75. The molecule has 2 N–H and O–H groups in total. The van der Waals surface area contributed by atoms with Crippen LogP contribution in [-0.2, 0) is 6.54 Å². The molecule has 0 amide bonds. The number of aliphatic hydroxyl groups is 1. The van der Waals surface area contributed by atoms with Crippen LogP contribution >= 0.6 is 11.8 Å². The number of thioether (sulfide) groups is 1. The summed E-state index contributed by atoms with van der Waals surface area (Å²) in [7, 11) is 0. The molecule has 3 rings (SSSR count). The van der Waals surface area contributed by atoms with Crippen LogP contribution in [-0.4, -0.2) is 24.0 Å². The molecule has 1 heterocycles. The molecule has 0 fully saturated rings. The lowest BCUT2D eigenvalue weighted by molar-refractivity contribution is 0.224. The minimum atomic E-state index is 0.0880. The van der Waals surface area contributed by atoms with Gasteiger partial charge in [0.25, 0.3) is 0 Å². The molecule has 0 bridgehead atoms. The maximum absolute atomic E-state index is 9.68. The predicted octanol–water partition coefficient (Wildman–Crippen LogP) is 3.00. The predicted molar refractivity (Wildman–Crippen MR) is 84.2 cm³/mol. The molecule has 0 radical (unpaired) electrons. The normalized spacial score (nSPS) is 21.5. The largest absolute Gasteiger partial charge is 0.395 e. The summed E-state index contributed by atoms with van der Waals surface area (Å²) in [6.45, 7) is 0.990. The number of hydrogen-bond donors (Lipinski definition) is 2. The van der Waals surface area contributed by atoms with Gasteiger partial charge in [-0.05, 0) is 35.1 Å². The van der Waals surface area contributed by atoms with E-state index in [1.165, 1.54) is 21.6 Å². The second-order valence-corrected chi connectivity index (χ2v) is 6.00. The van der Waals surface area contributed by atoms with Crippen molar-refractivity contribution in [2.24, 2.45) is 0 Å². The van der Waals surface area contributed by atoms with Gasteiger partial charge in [-0.25, -0.2) is 0 Å². The van der Waals surface area contributed by atoms with E-state index in [2.05, 4.69) is 60.1 Å². The highest BCUT2D eigenvalue weighted by molar-refractivity contribution is 7.98. The van der Waals surface area contributed by atoms with E-state index < -0.39 is 0 Å². The van der Waals surface area contributed by atoms with E-state index in [0.717, 1.165) is 6.54 Å². The molecule has 2 atom stereocenters. The van der Waals surface area contributed by atoms with Gasteiger partial charge in [-0.3, -0.25) is 0 Å². The Labute approximate surface area is 124 Å². The van der Waals surface area contributed by atoms with Crippen LogP contribution in [0.1, 0.15) is 22.6 Å². The minimum absolute atomic E-state index is 0.0880. The molecular weight excluding hydrogens is 266 g/mol. The quantitative estimate of drug-likeness (QED) is 0.850. The zero-order valence-corrected chi connectivity index (χ0v) is 12.4. The average Bonchev–Trinajstić information content (AvgIpc) is 2.54. The van der Waals surface area contributed by atoms with Crippen molar-refractivity contribution in [2.75, 3.05) is 12.9 Å². The van der Waals surface area contributed by atoms with Crippen LogP contribution in [0.15, 0.2) is 53.4 Å². The molecule has 104 valence electrons. The van der Waals surface area contributed by atoms with Gasteiger partial charge in [0.15, 0.2) is 0 Å². The van der Waals surface area contributed by atoms with Gasteiger partial charge >= 0.3 is 0 Å². The monoisotopic (exact) mass is 285 g/mol. The van der Waals surface area contributed by atoms with E-state index in [-0.39, 0.29) is 18.6 Å². The van der Waals surface area contributed by atoms with Crippen LogP contribution in [0.25, 0.3) is 0 Å². The molecule has 2 nitrogen and oxygen atoms in total. The van der Waals surface area contributed by atoms with Crippen molar-refractivity contribution in [2.45, 2.75) is 23.4 Å². The minimum Gasteiger partial charge on any atom is -0.395 e. The van der Waals surface area contributed by atoms with Crippen LogP contribution in [0, 0.1) is 0 Å². The van der Waals surface area contributed by atoms with Gasteiger partial charge in [0.05, 0.1) is 6.61 Å². The van der Waals surface area contributed by atoms with Crippen molar-refractivity contribution >= 4 is 11.8 Å². The zero-order chi connectivity index (χ0) is 13.9. The van der Waals surface area contributed by atoms with Gasteiger partial charge in [0, 0.05) is 23.4 Å². The SMILES string of the molecule is CSc1ccc([C@@H]2c3ccccc3CN[C@H]2CO)cc1. The fraction of sp³-hybridized carbons (Fsp3) is 0.294. The van der Waals surface area contributed by atoms with E-state index in [1.807, 2.05) is 0 Å². The summed E-state index contributed by atoms with van der Waals surface area (Å²) in [5, 5.41) is 13.1. The summed E-state index contributed by atoms with van der Waals surface area (Å²) in [6, 6.07) is 17.3. The third-order valence-corrected chi connectivity index (χ3v) is 4.76. The summed E-state index contributed by atoms with van der Waals surface area (Å²) in [6.07, 6.45) is 2.09. The van der Waals surface area contributed by atoms with Crippen molar-refractivity contribution in [1.29, 1.82) is 0 Å². The van der Waals surface area contributed by atoms with Crippen LogP contribution in [0.2, 0.25) is 0 Å². The second-order valence-electron chi connectivity index (χ2n) is 5.12. The first-order valence-corrected chi connectivity index (χ1v) is 8.12. The lowest BCUT2D eigenvalue weighted by Gasteiger charge is -2.34. The van der Waals surface area contributed by atoms with Crippen molar-refractivity contribution in [3.05, 3.63) is 65.2 Å². The average molecular weight is 285 g/mol. The lowest BCUT2D eigenvalue weighted by Crippen LogP contribution is -2.42. The maximum Gasteiger partial charge on any atom is 0.0594 e. The Hall–Kier alpha value is -1.29. The highest BCUT2D eigenvalue weighted by Gasteiger charge is 2.29. The first kappa shape index (κ1) is 13.7. The fourth-order valence-electron chi connectivity index (χ4n) is 2.97. The second kappa shape index (κ2) is 6.00. The Morgan fingerprint density at radius 2 is 1.90 bits per heavy atom. The Bertz CT molecular complexity index is 582. The third kappa shape index (κ3) is 2.49. The molecule has 0 aromatic heterocycles. The summed E-state index contributed by atoms with van der Waals surface area (Å²) in [5.41, 5.74) is 3.93. The molecule has 3 heteroatoms. The highest BCUT2D eigenvalue weighted by Crippen LogP contribution is 2.34. The molecule has 0 aliphatic carbocycles. The zero-order valence-electron chi connectivity index (χ0n) is 11.5. The molecule has 0 unspecified atom stereocenters. The summed E-state index contributed by atoms with van der Waals surface area (Å²) in [5.74, 6) is 0.223. The van der Waals surface area contributed by atoms with E-state index in [1.54, 1.807) is 11.8 Å². The Morgan fingerprint density at radius 1 is 1.15 bits per heavy atom. The Kier molecular flexibility index (Phi) is 4.10. The van der Waals surface area contributed by atoms with Crippen LogP contribution in [0.3, 0.4) is 0 Å². The van der Waals surface area contributed by atoms with Crippen molar-refractivity contribution in [1.82, 2.24) is 5.32 Å². The fourth-order valence-corrected chi connectivity index (χ4v) is 3.38. The number of fused-ring (bicyclic) bond motifs is 1. The molecule has 0 spiro atoms. The molecule has 1 aliphatic heterocycles. The van der Waals surface area contributed by atoms with Gasteiger partial charge in [-0.2, -0.15) is 0 Å². The molecule has 0 saturated heterocycles. The number of hydrogen-bond acceptors (Lipinski definition) is 3. The van der Waals surface area contributed by atoms with Crippen molar-refractivity contribution in [3.8, 4) is 0 Å². The van der Waals surface area contributed by atoms with E-state index in [9.17, 15) is 5.11 Å². The third-order valence-electron chi connectivity index (χ3n) is 4.02. The molecule has 2 aromatic rings. The van der Waals surface area contributed by atoms with Gasteiger partial charge in [0.2, 0.25) is 0 Å². The van der Waals surface area contributed by atoms with Gasteiger partial charge in [-0.15, -0.1) is 11.8 Å². The summed E-state index contributed by atoms with van der Waals surface area (Å²) < 4.78 is 0.